The molecule has 1 N–H and O–H groups in total. The van der Waals surface area contributed by atoms with Gasteiger partial charge in [-0.3, -0.25) is 0 Å². The minimum Gasteiger partial charge on any atom is -0.354 e. The predicted octanol–water partition coefficient (Wildman–Crippen LogP) is 7.07. The highest BCUT2D eigenvalue weighted by molar-refractivity contribution is 5.91. The van der Waals surface area contributed by atoms with Crippen LogP contribution >= 0.6 is 0 Å². The van der Waals surface area contributed by atoms with Gasteiger partial charge in [-0.1, -0.05) is 65.0 Å². The number of halogens is 1. The Hall–Kier alpha value is -3.48. The summed E-state index contributed by atoms with van der Waals surface area (Å²) in [7, 11) is 0. The summed E-state index contributed by atoms with van der Waals surface area (Å²) in [5, 5.41) is 3.28. The van der Waals surface area contributed by atoms with Crippen molar-refractivity contribution in [3.05, 3.63) is 82.1 Å². The molecule has 0 aliphatic carbocycles. The van der Waals surface area contributed by atoms with Crippen molar-refractivity contribution >= 4 is 17.5 Å². The van der Waals surface area contributed by atoms with Gasteiger partial charge in [-0.25, -0.2) is 19.2 Å². The molecule has 0 saturated carbocycles. The van der Waals surface area contributed by atoms with Crippen molar-refractivity contribution in [2.75, 3.05) is 36.4 Å². The van der Waals surface area contributed by atoms with E-state index in [0.717, 1.165) is 64.7 Å². The molecule has 1 aliphatic heterocycles. The second-order valence-electron chi connectivity index (χ2n) is 11.1. The third-order valence-electron chi connectivity index (χ3n) is 7.48. The van der Waals surface area contributed by atoms with Gasteiger partial charge in [0.2, 0.25) is 0 Å². The van der Waals surface area contributed by atoms with Crippen molar-refractivity contribution in [3.63, 3.8) is 0 Å². The monoisotopic (exact) mass is 531 g/mol. The largest absolute Gasteiger partial charge is 0.354 e. The first-order chi connectivity index (χ1) is 18.7. The van der Waals surface area contributed by atoms with Gasteiger partial charge in [-0.15, -0.1) is 0 Å². The molecular weight excluding hydrogens is 489 g/mol. The van der Waals surface area contributed by atoms with E-state index >= 15 is 0 Å². The summed E-state index contributed by atoms with van der Waals surface area (Å²) in [5.74, 6) is 2.01. The SMILES string of the molecule is CCc1nc(C)nc(N2CCCN(C(=O)Nc3c(C(C)C)cccc3C(C)C)CC2)c1Cc1cccc(F)c1. The van der Waals surface area contributed by atoms with Crippen LogP contribution in [0.15, 0.2) is 42.5 Å². The number of aromatic nitrogens is 2. The molecule has 39 heavy (non-hydrogen) atoms. The Morgan fingerprint density at radius 1 is 0.974 bits per heavy atom. The molecule has 7 heteroatoms. The van der Waals surface area contributed by atoms with Crippen molar-refractivity contribution in [3.8, 4) is 0 Å². The highest BCUT2D eigenvalue weighted by Gasteiger charge is 2.25. The number of carbonyl (C=O) groups excluding carboxylic acids is 1. The smallest absolute Gasteiger partial charge is 0.321 e. The third-order valence-corrected chi connectivity index (χ3v) is 7.48. The van der Waals surface area contributed by atoms with Crippen LogP contribution in [-0.4, -0.2) is 47.1 Å². The maximum atomic E-state index is 14.0. The summed E-state index contributed by atoms with van der Waals surface area (Å²) >= 11 is 0. The first-order valence-electron chi connectivity index (χ1n) is 14.2. The number of carbonyl (C=O) groups is 1. The molecule has 2 heterocycles. The van der Waals surface area contributed by atoms with E-state index in [1.54, 1.807) is 12.1 Å². The Bertz CT molecular complexity index is 1280. The minimum atomic E-state index is -0.240. The lowest BCUT2D eigenvalue weighted by molar-refractivity contribution is 0.215. The molecule has 1 fully saturated rings. The van der Waals surface area contributed by atoms with Gasteiger partial charge in [0, 0.05) is 49.5 Å². The quantitative estimate of drug-likeness (QED) is 0.354. The van der Waals surface area contributed by atoms with Gasteiger partial charge in [-0.2, -0.15) is 0 Å². The van der Waals surface area contributed by atoms with Crippen molar-refractivity contribution in [1.29, 1.82) is 0 Å². The second kappa shape index (κ2) is 12.6. The highest BCUT2D eigenvalue weighted by Crippen LogP contribution is 2.33. The lowest BCUT2D eigenvalue weighted by atomic mass is 9.93. The highest BCUT2D eigenvalue weighted by atomic mass is 19.1. The zero-order valence-corrected chi connectivity index (χ0v) is 24.2. The molecule has 3 aromatic rings. The summed E-state index contributed by atoms with van der Waals surface area (Å²) in [4.78, 5) is 27.3. The maximum absolute atomic E-state index is 14.0. The maximum Gasteiger partial charge on any atom is 0.321 e. The van der Waals surface area contributed by atoms with Gasteiger partial charge in [0.05, 0.1) is 0 Å². The number of hydrogen-bond acceptors (Lipinski definition) is 4. The van der Waals surface area contributed by atoms with E-state index in [0.29, 0.717) is 37.9 Å². The molecule has 0 radical (unpaired) electrons. The number of hydrogen-bond donors (Lipinski definition) is 1. The number of anilines is 2. The average molecular weight is 532 g/mol. The number of benzene rings is 2. The van der Waals surface area contributed by atoms with Crippen LogP contribution in [0.5, 0.6) is 0 Å². The molecule has 0 unspecified atom stereocenters. The number of amides is 2. The van der Waals surface area contributed by atoms with E-state index in [4.69, 9.17) is 9.97 Å². The number of para-hydroxylation sites is 1. The van der Waals surface area contributed by atoms with Gasteiger partial charge < -0.3 is 15.1 Å². The molecule has 0 spiro atoms. The van der Waals surface area contributed by atoms with E-state index in [1.807, 2.05) is 17.9 Å². The summed E-state index contributed by atoms with van der Waals surface area (Å²) in [6.45, 7) is 15.4. The number of urea groups is 1. The molecule has 6 nitrogen and oxygen atoms in total. The van der Waals surface area contributed by atoms with Crippen LogP contribution in [0.4, 0.5) is 20.7 Å². The number of nitrogens with one attached hydrogen (secondary N) is 1. The number of aryl methyl sites for hydroxylation is 2. The molecular formula is C32H42FN5O. The fourth-order valence-corrected chi connectivity index (χ4v) is 5.44. The Labute approximate surface area is 232 Å². The molecule has 4 rings (SSSR count). The lowest BCUT2D eigenvalue weighted by Gasteiger charge is -2.27. The molecule has 1 saturated heterocycles. The van der Waals surface area contributed by atoms with Crippen molar-refractivity contribution < 1.29 is 9.18 Å². The number of nitrogens with zero attached hydrogens (tertiary/aromatic N) is 4. The Balaban J connectivity index is 1.56. The fraction of sp³-hybridized carbons (Fsp3) is 0.469. The zero-order chi connectivity index (χ0) is 28.1. The van der Waals surface area contributed by atoms with Crippen LogP contribution < -0.4 is 10.2 Å². The van der Waals surface area contributed by atoms with Crippen molar-refractivity contribution in [2.45, 2.75) is 72.6 Å². The van der Waals surface area contributed by atoms with Crippen LogP contribution in [0.1, 0.15) is 86.6 Å². The molecule has 2 amide bonds. The van der Waals surface area contributed by atoms with Crippen LogP contribution in [0.3, 0.4) is 0 Å². The van der Waals surface area contributed by atoms with Crippen LogP contribution in [0, 0.1) is 12.7 Å². The average Bonchev–Trinajstić information content (AvgIpc) is 3.15. The van der Waals surface area contributed by atoms with E-state index in [1.165, 1.54) is 6.07 Å². The van der Waals surface area contributed by atoms with Gasteiger partial charge in [0.15, 0.2) is 0 Å². The summed E-state index contributed by atoms with van der Waals surface area (Å²) in [6, 6.07) is 13.0. The third kappa shape index (κ3) is 6.75. The summed E-state index contributed by atoms with van der Waals surface area (Å²) in [5.41, 5.74) is 6.21. The summed E-state index contributed by atoms with van der Waals surface area (Å²) < 4.78 is 14.0. The Morgan fingerprint density at radius 3 is 2.31 bits per heavy atom. The van der Waals surface area contributed by atoms with E-state index < -0.39 is 0 Å². The van der Waals surface area contributed by atoms with Crippen LogP contribution in [0.25, 0.3) is 0 Å². The van der Waals surface area contributed by atoms with E-state index in [2.05, 4.69) is 63.0 Å². The first kappa shape index (κ1) is 28.5. The molecule has 0 atom stereocenters. The molecule has 0 bridgehead atoms. The topological polar surface area (TPSA) is 61.4 Å². The van der Waals surface area contributed by atoms with Gasteiger partial charge in [-0.05, 0) is 60.4 Å². The Morgan fingerprint density at radius 2 is 1.67 bits per heavy atom. The predicted molar refractivity (Wildman–Crippen MR) is 157 cm³/mol. The van der Waals surface area contributed by atoms with Gasteiger partial charge in [0.1, 0.15) is 17.5 Å². The number of rotatable bonds is 7. The van der Waals surface area contributed by atoms with Crippen molar-refractivity contribution in [2.24, 2.45) is 0 Å². The molecule has 2 aromatic carbocycles. The van der Waals surface area contributed by atoms with Gasteiger partial charge >= 0.3 is 6.03 Å². The molecule has 1 aromatic heterocycles. The van der Waals surface area contributed by atoms with E-state index in [9.17, 15) is 9.18 Å². The second-order valence-corrected chi connectivity index (χ2v) is 11.1. The van der Waals surface area contributed by atoms with Gasteiger partial charge in [0.25, 0.3) is 0 Å². The Kier molecular flexibility index (Phi) is 9.20. The van der Waals surface area contributed by atoms with Crippen LogP contribution in [0.2, 0.25) is 0 Å². The molecule has 1 aliphatic rings. The standard InChI is InChI=1S/C32H42FN5O/c1-7-29-28(20-24-11-8-12-25(33)19-24)31(35-23(6)34-29)37-15-10-16-38(18-17-37)32(39)36-30-26(21(2)3)13-9-14-27(30)22(4)5/h8-9,11-14,19,21-22H,7,10,15-18,20H2,1-6H3,(H,36,39). The van der Waals surface area contributed by atoms with Crippen LogP contribution in [-0.2, 0) is 12.8 Å². The first-order valence-corrected chi connectivity index (χ1v) is 14.2. The zero-order valence-electron chi connectivity index (χ0n) is 24.2. The summed E-state index contributed by atoms with van der Waals surface area (Å²) in [6.07, 6.45) is 2.18. The molecule has 208 valence electrons. The van der Waals surface area contributed by atoms with E-state index in [-0.39, 0.29) is 11.8 Å². The normalized spacial score (nSPS) is 14.2. The minimum absolute atomic E-state index is 0.0556. The fourth-order valence-electron chi connectivity index (χ4n) is 5.44. The van der Waals surface area contributed by atoms with Crippen molar-refractivity contribution in [1.82, 2.24) is 14.9 Å². The lowest BCUT2D eigenvalue weighted by Crippen LogP contribution is -2.38.